The van der Waals surface area contributed by atoms with Gasteiger partial charge in [-0.25, -0.2) is 4.79 Å². The summed E-state index contributed by atoms with van der Waals surface area (Å²) in [6, 6.07) is 15.3. The molecule has 0 spiro atoms. The second-order valence-corrected chi connectivity index (χ2v) is 8.05. The number of hydrogen-bond donors (Lipinski definition) is 0. The minimum absolute atomic E-state index is 0.0278. The van der Waals surface area contributed by atoms with Crippen molar-refractivity contribution in [3.05, 3.63) is 81.6 Å². The molecule has 0 saturated carbocycles. The first-order valence-corrected chi connectivity index (χ1v) is 11.4. The van der Waals surface area contributed by atoms with Crippen LogP contribution in [0.5, 0.6) is 11.5 Å². The molecule has 0 N–H and O–H groups in total. The van der Waals surface area contributed by atoms with E-state index < -0.39 is 5.97 Å². The summed E-state index contributed by atoms with van der Waals surface area (Å²) in [5.41, 5.74) is 3.37. The highest BCUT2D eigenvalue weighted by molar-refractivity contribution is 5.89. The van der Waals surface area contributed by atoms with Gasteiger partial charge in [0.2, 0.25) is 0 Å². The molecule has 2 heterocycles. The van der Waals surface area contributed by atoms with E-state index in [1.807, 2.05) is 47.0 Å². The molecule has 1 aliphatic heterocycles. The van der Waals surface area contributed by atoms with Crippen LogP contribution in [0.1, 0.15) is 40.9 Å². The number of carbonyl (C=O) groups is 1. The van der Waals surface area contributed by atoms with Crippen molar-refractivity contribution in [2.75, 3.05) is 34.0 Å². The minimum Gasteiger partial charge on any atom is -0.493 e. The normalized spacial score (nSPS) is 14.1. The Morgan fingerprint density at radius 3 is 2.56 bits per heavy atom. The number of nitrogens with zero attached hydrogens (tertiary/aromatic N) is 1. The number of pyridine rings is 1. The highest BCUT2D eigenvalue weighted by Crippen LogP contribution is 2.42. The second-order valence-electron chi connectivity index (χ2n) is 8.05. The molecule has 1 aromatic heterocycles. The molecule has 0 fully saturated rings. The molecular formula is C27H29NO6. The average Bonchev–Trinajstić information content (AvgIpc) is 2.86. The van der Waals surface area contributed by atoms with Crippen molar-refractivity contribution in [2.24, 2.45) is 0 Å². The lowest BCUT2D eigenvalue weighted by Crippen LogP contribution is -2.27. The summed E-state index contributed by atoms with van der Waals surface area (Å²) in [7, 11) is 3.26. The number of aromatic nitrogens is 1. The van der Waals surface area contributed by atoms with Crippen LogP contribution in [0.3, 0.4) is 0 Å². The van der Waals surface area contributed by atoms with E-state index in [-0.39, 0.29) is 23.6 Å². The molecule has 4 rings (SSSR count). The van der Waals surface area contributed by atoms with Crippen molar-refractivity contribution in [3.63, 3.8) is 0 Å². The van der Waals surface area contributed by atoms with Crippen molar-refractivity contribution in [2.45, 2.75) is 25.8 Å². The fourth-order valence-corrected chi connectivity index (χ4v) is 4.31. The van der Waals surface area contributed by atoms with Gasteiger partial charge >= 0.3 is 5.97 Å². The molecule has 7 nitrogen and oxygen atoms in total. The molecule has 34 heavy (non-hydrogen) atoms. The maximum absolute atomic E-state index is 12.9. The fourth-order valence-electron chi connectivity index (χ4n) is 4.31. The third-order valence-corrected chi connectivity index (χ3v) is 5.92. The lowest BCUT2D eigenvalue weighted by Gasteiger charge is -2.32. The predicted octanol–water partition coefficient (Wildman–Crippen LogP) is 4.26. The zero-order valence-electron chi connectivity index (χ0n) is 19.7. The van der Waals surface area contributed by atoms with E-state index in [1.165, 1.54) is 6.07 Å². The maximum atomic E-state index is 12.9. The standard InChI is InChI=1S/C27H29NO6/c1-4-33-27(30)21-17-28-22(18-9-6-5-7-10-18)13-19-14-26(34-12-8-11-31-2)25(32-3)15-20(19)23(28)16-24(21)29/h5-7,9-10,14-17,22H,4,8,11-13H2,1-3H3. The molecule has 0 saturated heterocycles. The third kappa shape index (κ3) is 4.70. The topological polar surface area (TPSA) is 76.0 Å². The number of hydrogen-bond acceptors (Lipinski definition) is 6. The van der Waals surface area contributed by atoms with Gasteiger partial charge in [0.1, 0.15) is 5.56 Å². The molecule has 0 aliphatic carbocycles. The highest BCUT2D eigenvalue weighted by atomic mass is 16.5. The van der Waals surface area contributed by atoms with E-state index >= 15 is 0 Å². The molecule has 2 aromatic carbocycles. The van der Waals surface area contributed by atoms with Crippen LogP contribution < -0.4 is 14.9 Å². The first-order chi connectivity index (χ1) is 16.6. The third-order valence-electron chi connectivity index (χ3n) is 5.92. The van der Waals surface area contributed by atoms with E-state index in [2.05, 4.69) is 0 Å². The first kappa shape index (κ1) is 23.6. The second kappa shape index (κ2) is 10.6. The monoisotopic (exact) mass is 463 g/mol. The Morgan fingerprint density at radius 2 is 1.85 bits per heavy atom. The van der Waals surface area contributed by atoms with E-state index in [0.29, 0.717) is 31.1 Å². The Labute approximate surface area is 198 Å². The number of carbonyl (C=O) groups excluding carboxylic acids is 1. The SMILES string of the molecule is CCOC(=O)c1cn2c(cc1=O)-c1cc(OC)c(OCCCOC)cc1CC2c1ccccc1. The van der Waals surface area contributed by atoms with E-state index in [1.54, 1.807) is 27.3 Å². The van der Waals surface area contributed by atoms with E-state index in [4.69, 9.17) is 18.9 Å². The number of ether oxygens (including phenoxy) is 4. The zero-order valence-corrected chi connectivity index (χ0v) is 19.7. The van der Waals surface area contributed by atoms with Gasteiger partial charge in [-0.05, 0) is 36.6 Å². The predicted molar refractivity (Wildman–Crippen MR) is 129 cm³/mol. The Balaban J connectivity index is 1.84. The number of benzene rings is 2. The van der Waals surface area contributed by atoms with Crippen LogP contribution >= 0.6 is 0 Å². The Bertz CT molecular complexity index is 1220. The first-order valence-electron chi connectivity index (χ1n) is 11.4. The summed E-state index contributed by atoms with van der Waals surface area (Å²) in [6.07, 6.45) is 3.05. The number of esters is 1. The smallest absolute Gasteiger partial charge is 0.343 e. The molecule has 1 atom stereocenters. The zero-order chi connectivity index (χ0) is 24.1. The van der Waals surface area contributed by atoms with Crippen molar-refractivity contribution < 1.29 is 23.7 Å². The Hall–Kier alpha value is -3.58. The van der Waals surface area contributed by atoms with Gasteiger partial charge < -0.3 is 23.5 Å². The summed E-state index contributed by atoms with van der Waals surface area (Å²) >= 11 is 0. The summed E-state index contributed by atoms with van der Waals surface area (Å²) < 4.78 is 23.8. The van der Waals surface area contributed by atoms with Gasteiger partial charge in [0.25, 0.3) is 0 Å². The van der Waals surface area contributed by atoms with Crippen LogP contribution in [-0.4, -0.2) is 44.6 Å². The molecule has 0 radical (unpaired) electrons. The molecule has 0 bridgehead atoms. The van der Waals surface area contributed by atoms with Crippen LogP contribution in [0.4, 0.5) is 0 Å². The van der Waals surface area contributed by atoms with Crippen LogP contribution in [0.25, 0.3) is 11.3 Å². The van der Waals surface area contributed by atoms with Gasteiger partial charge in [-0.2, -0.15) is 0 Å². The van der Waals surface area contributed by atoms with Crippen LogP contribution in [-0.2, 0) is 15.9 Å². The maximum Gasteiger partial charge on any atom is 0.343 e. The molecule has 1 unspecified atom stereocenters. The van der Waals surface area contributed by atoms with Crippen molar-refractivity contribution in [3.8, 4) is 22.8 Å². The summed E-state index contributed by atoms with van der Waals surface area (Å²) in [4.78, 5) is 25.4. The van der Waals surface area contributed by atoms with Gasteiger partial charge in [-0.3, -0.25) is 4.79 Å². The molecule has 7 heteroatoms. The minimum atomic E-state index is -0.613. The van der Waals surface area contributed by atoms with E-state index in [9.17, 15) is 9.59 Å². The Kier molecular flexibility index (Phi) is 7.33. The number of rotatable bonds is 9. The number of methoxy groups -OCH3 is 2. The summed E-state index contributed by atoms with van der Waals surface area (Å²) in [5.74, 6) is 0.628. The molecule has 0 amide bonds. The summed E-state index contributed by atoms with van der Waals surface area (Å²) in [6.45, 7) is 3.04. The lowest BCUT2D eigenvalue weighted by molar-refractivity contribution is 0.0523. The van der Waals surface area contributed by atoms with Gasteiger partial charge in [-0.15, -0.1) is 0 Å². The quantitative estimate of drug-likeness (QED) is 0.349. The molecule has 1 aliphatic rings. The van der Waals surface area contributed by atoms with Gasteiger partial charge in [0, 0.05) is 38.0 Å². The van der Waals surface area contributed by atoms with E-state index in [0.717, 1.165) is 28.8 Å². The molecular weight excluding hydrogens is 434 g/mol. The van der Waals surface area contributed by atoms with Crippen LogP contribution in [0.2, 0.25) is 0 Å². The lowest BCUT2D eigenvalue weighted by atomic mass is 9.88. The van der Waals surface area contributed by atoms with Crippen molar-refractivity contribution in [1.82, 2.24) is 4.57 Å². The summed E-state index contributed by atoms with van der Waals surface area (Å²) in [5, 5.41) is 0. The largest absolute Gasteiger partial charge is 0.493 e. The highest BCUT2D eigenvalue weighted by Gasteiger charge is 2.29. The Morgan fingerprint density at radius 1 is 1.06 bits per heavy atom. The van der Waals surface area contributed by atoms with Crippen LogP contribution in [0.15, 0.2) is 59.5 Å². The van der Waals surface area contributed by atoms with Gasteiger partial charge in [-0.1, -0.05) is 30.3 Å². The van der Waals surface area contributed by atoms with Crippen molar-refractivity contribution >= 4 is 5.97 Å². The molecule has 3 aromatic rings. The van der Waals surface area contributed by atoms with Gasteiger partial charge in [0.05, 0.1) is 32.1 Å². The van der Waals surface area contributed by atoms with Crippen molar-refractivity contribution in [1.29, 1.82) is 0 Å². The van der Waals surface area contributed by atoms with Gasteiger partial charge in [0.15, 0.2) is 16.9 Å². The molecule has 178 valence electrons. The van der Waals surface area contributed by atoms with Crippen LogP contribution in [0, 0.1) is 0 Å². The number of fused-ring (bicyclic) bond motifs is 3. The average molecular weight is 464 g/mol. The fraction of sp³-hybridized carbons (Fsp3) is 0.333.